The van der Waals surface area contributed by atoms with E-state index in [1.54, 1.807) is 0 Å². The van der Waals surface area contributed by atoms with Gasteiger partial charge in [-0.15, -0.1) is 0 Å². The number of anilines is 1. The van der Waals surface area contributed by atoms with E-state index in [9.17, 15) is 4.79 Å². The molecule has 1 saturated carbocycles. The predicted molar refractivity (Wildman–Crippen MR) is 88.6 cm³/mol. The molecule has 0 bridgehead atoms. The Morgan fingerprint density at radius 2 is 1.90 bits per heavy atom. The van der Waals surface area contributed by atoms with Crippen LogP contribution in [-0.2, 0) is 0 Å². The Balaban J connectivity index is 2.06. The lowest BCUT2D eigenvalue weighted by Crippen LogP contribution is -2.42. The number of carbonyl (C=O) groups excluding carboxylic acids is 1. The van der Waals surface area contributed by atoms with Crippen molar-refractivity contribution in [2.24, 2.45) is 11.8 Å². The number of hydrogen-bond donors (Lipinski definition) is 2. The van der Waals surface area contributed by atoms with E-state index in [0.717, 1.165) is 23.6 Å². The molecule has 2 N–H and O–H groups in total. The second-order valence-electron chi connectivity index (χ2n) is 6.82. The molecule has 0 saturated heterocycles. The molecule has 0 heterocycles. The molecule has 3 atom stereocenters. The van der Waals surface area contributed by atoms with Crippen LogP contribution in [0.15, 0.2) is 24.3 Å². The number of nitrogens with one attached hydrogen (secondary N) is 2. The van der Waals surface area contributed by atoms with Crippen LogP contribution in [0.1, 0.15) is 57.3 Å². The summed E-state index contributed by atoms with van der Waals surface area (Å²) >= 11 is 0. The van der Waals surface area contributed by atoms with Crippen molar-refractivity contribution in [3.63, 3.8) is 0 Å². The molecule has 0 radical (unpaired) electrons. The molecule has 1 amide bonds. The highest BCUT2D eigenvalue weighted by Crippen LogP contribution is 2.29. The Kier molecular flexibility index (Phi) is 5.27. The average molecular weight is 288 g/mol. The molecular weight excluding hydrogens is 260 g/mol. The van der Waals surface area contributed by atoms with Gasteiger partial charge in [-0.25, -0.2) is 0 Å². The van der Waals surface area contributed by atoms with Gasteiger partial charge < -0.3 is 10.6 Å². The first kappa shape index (κ1) is 15.9. The summed E-state index contributed by atoms with van der Waals surface area (Å²) in [6.45, 7) is 8.72. The number of amides is 1. The quantitative estimate of drug-likeness (QED) is 0.877. The van der Waals surface area contributed by atoms with Crippen LogP contribution >= 0.6 is 0 Å². The Labute approximate surface area is 128 Å². The first-order chi connectivity index (χ1) is 9.97. The summed E-state index contributed by atoms with van der Waals surface area (Å²) < 4.78 is 0. The average Bonchev–Trinajstić information content (AvgIpc) is 2.42. The van der Waals surface area contributed by atoms with Gasteiger partial charge in [0.25, 0.3) is 5.91 Å². The van der Waals surface area contributed by atoms with Crippen LogP contribution in [-0.4, -0.2) is 18.0 Å². The van der Waals surface area contributed by atoms with Gasteiger partial charge in [0.15, 0.2) is 0 Å². The molecule has 3 unspecified atom stereocenters. The molecule has 1 fully saturated rings. The maximum atomic E-state index is 12.6. The molecule has 21 heavy (non-hydrogen) atoms. The zero-order chi connectivity index (χ0) is 15.4. The van der Waals surface area contributed by atoms with Crippen LogP contribution in [0.2, 0.25) is 0 Å². The maximum absolute atomic E-state index is 12.6. The van der Waals surface area contributed by atoms with Crippen LogP contribution in [0.3, 0.4) is 0 Å². The standard InChI is InChI=1S/C18H28N2O/c1-12(2)19-17-8-6-5-7-15(17)18(21)20-16-10-9-13(3)11-14(16)4/h5-8,12-14,16,19H,9-11H2,1-4H3,(H,20,21). The van der Waals surface area contributed by atoms with Gasteiger partial charge in [-0.2, -0.15) is 0 Å². The smallest absolute Gasteiger partial charge is 0.253 e. The minimum Gasteiger partial charge on any atom is -0.382 e. The predicted octanol–water partition coefficient (Wildman–Crippen LogP) is 4.06. The summed E-state index contributed by atoms with van der Waals surface area (Å²) in [4.78, 5) is 12.6. The van der Waals surface area contributed by atoms with E-state index >= 15 is 0 Å². The summed E-state index contributed by atoms with van der Waals surface area (Å²) in [5.41, 5.74) is 1.67. The highest BCUT2D eigenvalue weighted by Gasteiger charge is 2.27. The van der Waals surface area contributed by atoms with Crippen molar-refractivity contribution in [1.29, 1.82) is 0 Å². The van der Waals surface area contributed by atoms with Crippen molar-refractivity contribution in [3.05, 3.63) is 29.8 Å². The molecule has 0 aromatic heterocycles. The van der Waals surface area contributed by atoms with Crippen LogP contribution in [0.5, 0.6) is 0 Å². The van der Waals surface area contributed by atoms with Crippen molar-refractivity contribution >= 4 is 11.6 Å². The molecule has 1 aromatic rings. The van der Waals surface area contributed by atoms with E-state index in [1.165, 1.54) is 12.8 Å². The van der Waals surface area contributed by atoms with Gasteiger partial charge in [0.2, 0.25) is 0 Å². The fourth-order valence-electron chi connectivity index (χ4n) is 3.24. The van der Waals surface area contributed by atoms with Gasteiger partial charge >= 0.3 is 0 Å². The van der Waals surface area contributed by atoms with E-state index in [2.05, 4.69) is 38.3 Å². The van der Waals surface area contributed by atoms with Crippen LogP contribution in [0, 0.1) is 11.8 Å². The number of rotatable bonds is 4. The minimum absolute atomic E-state index is 0.0464. The molecule has 1 aliphatic carbocycles. The summed E-state index contributed by atoms with van der Waals surface area (Å²) in [7, 11) is 0. The van der Waals surface area contributed by atoms with Crippen LogP contribution in [0.4, 0.5) is 5.69 Å². The normalized spacial score (nSPS) is 25.7. The Morgan fingerprint density at radius 3 is 2.57 bits per heavy atom. The lowest BCUT2D eigenvalue weighted by Gasteiger charge is -2.33. The molecule has 0 spiro atoms. The zero-order valence-corrected chi connectivity index (χ0v) is 13.6. The Morgan fingerprint density at radius 1 is 1.19 bits per heavy atom. The summed E-state index contributed by atoms with van der Waals surface area (Å²) in [6, 6.07) is 8.38. The third-order valence-electron chi connectivity index (χ3n) is 4.36. The van der Waals surface area contributed by atoms with E-state index in [4.69, 9.17) is 0 Å². The van der Waals surface area contributed by atoms with Crippen molar-refractivity contribution in [2.45, 2.75) is 59.0 Å². The number of carbonyl (C=O) groups is 1. The zero-order valence-electron chi connectivity index (χ0n) is 13.6. The lowest BCUT2D eigenvalue weighted by atomic mass is 9.80. The van der Waals surface area contributed by atoms with Crippen molar-refractivity contribution in [3.8, 4) is 0 Å². The van der Waals surface area contributed by atoms with E-state index < -0.39 is 0 Å². The van der Waals surface area contributed by atoms with E-state index in [-0.39, 0.29) is 5.91 Å². The number of para-hydroxylation sites is 1. The number of hydrogen-bond acceptors (Lipinski definition) is 2. The molecule has 1 aromatic carbocycles. The van der Waals surface area contributed by atoms with Crippen molar-refractivity contribution < 1.29 is 4.79 Å². The minimum atomic E-state index is 0.0464. The largest absolute Gasteiger partial charge is 0.382 e. The van der Waals surface area contributed by atoms with Crippen molar-refractivity contribution in [2.75, 3.05) is 5.32 Å². The van der Waals surface area contributed by atoms with Gasteiger partial charge in [0, 0.05) is 17.8 Å². The highest BCUT2D eigenvalue weighted by atomic mass is 16.1. The molecule has 3 nitrogen and oxygen atoms in total. The molecule has 116 valence electrons. The topological polar surface area (TPSA) is 41.1 Å². The first-order valence-electron chi connectivity index (χ1n) is 8.13. The Bertz CT molecular complexity index is 484. The fraction of sp³-hybridized carbons (Fsp3) is 0.611. The second kappa shape index (κ2) is 6.97. The van der Waals surface area contributed by atoms with Gasteiger partial charge in [-0.3, -0.25) is 4.79 Å². The van der Waals surface area contributed by atoms with Crippen molar-refractivity contribution in [1.82, 2.24) is 5.32 Å². The molecule has 3 heteroatoms. The summed E-state index contributed by atoms with van der Waals surface area (Å²) in [6.07, 6.45) is 3.51. The van der Waals surface area contributed by atoms with Crippen LogP contribution < -0.4 is 10.6 Å². The number of benzene rings is 1. The van der Waals surface area contributed by atoms with E-state index in [1.807, 2.05) is 24.3 Å². The molecule has 0 aliphatic heterocycles. The van der Waals surface area contributed by atoms with Gasteiger partial charge in [-0.05, 0) is 57.1 Å². The third kappa shape index (κ3) is 4.23. The fourth-order valence-corrected chi connectivity index (χ4v) is 3.24. The summed E-state index contributed by atoms with van der Waals surface area (Å²) in [5, 5.41) is 6.59. The van der Waals surface area contributed by atoms with Gasteiger partial charge in [-0.1, -0.05) is 26.0 Å². The molecular formula is C18H28N2O. The highest BCUT2D eigenvalue weighted by molar-refractivity contribution is 5.99. The molecule has 1 aliphatic rings. The van der Waals surface area contributed by atoms with Gasteiger partial charge in [0.1, 0.15) is 0 Å². The lowest BCUT2D eigenvalue weighted by molar-refractivity contribution is 0.0900. The monoisotopic (exact) mass is 288 g/mol. The first-order valence-corrected chi connectivity index (χ1v) is 8.13. The van der Waals surface area contributed by atoms with Crippen LogP contribution in [0.25, 0.3) is 0 Å². The van der Waals surface area contributed by atoms with Gasteiger partial charge in [0.05, 0.1) is 5.56 Å². The molecule has 2 rings (SSSR count). The van der Waals surface area contributed by atoms with E-state index in [0.29, 0.717) is 18.0 Å². The Hall–Kier alpha value is -1.51. The SMILES string of the molecule is CC1CCC(NC(=O)c2ccccc2NC(C)C)C(C)C1. The maximum Gasteiger partial charge on any atom is 0.253 e. The second-order valence-corrected chi connectivity index (χ2v) is 6.82. The summed E-state index contributed by atoms with van der Waals surface area (Å²) in [5.74, 6) is 1.39. The third-order valence-corrected chi connectivity index (χ3v) is 4.36.